The number of hydrogen-bond acceptors (Lipinski definition) is 5. The Morgan fingerprint density at radius 1 is 1.25 bits per heavy atom. The molecule has 1 amide bonds. The first-order chi connectivity index (χ1) is 13.3. The van der Waals surface area contributed by atoms with Crippen molar-refractivity contribution in [2.75, 3.05) is 12.4 Å². The highest BCUT2D eigenvalue weighted by atomic mass is 35.5. The third-order valence-corrected chi connectivity index (χ3v) is 3.97. The number of aliphatic carboxylic acids is 1. The fourth-order valence-electron chi connectivity index (χ4n) is 2.18. The SMILES string of the molecule is COc1cc(/C=C(/C#N)C(=O)Nc2ccccc2Cl)ccc1O[C@@H](C)C(=O)O. The highest BCUT2D eigenvalue weighted by Crippen LogP contribution is 2.30. The molecule has 0 radical (unpaired) electrons. The molecule has 0 spiro atoms. The Labute approximate surface area is 166 Å². The molecule has 2 rings (SSSR count). The van der Waals surface area contributed by atoms with Crippen LogP contribution in [0.1, 0.15) is 12.5 Å². The minimum atomic E-state index is -1.12. The number of rotatable bonds is 7. The number of nitrogens with zero attached hydrogens (tertiary/aromatic N) is 1. The molecule has 0 unspecified atom stereocenters. The van der Waals surface area contributed by atoms with Crippen LogP contribution in [0.2, 0.25) is 5.02 Å². The fraction of sp³-hybridized carbons (Fsp3) is 0.150. The van der Waals surface area contributed by atoms with Gasteiger partial charge in [-0.2, -0.15) is 5.26 Å². The zero-order chi connectivity index (χ0) is 20.7. The monoisotopic (exact) mass is 400 g/mol. The molecule has 0 fully saturated rings. The maximum absolute atomic E-state index is 12.4. The van der Waals surface area contributed by atoms with Gasteiger partial charge in [0.1, 0.15) is 11.6 Å². The first-order valence-corrected chi connectivity index (χ1v) is 8.48. The van der Waals surface area contributed by atoms with E-state index in [9.17, 15) is 14.9 Å². The van der Waals surface area contributed by atoms with Gasteiger partial charge >= 0.3 is 5.97 Å². The molecule has 2 aromatic carbocycles. The fourth-order valence-corrected chi connectivity index (χ4v) is 2.36. The number of carboxylic acids is 1. The molecule has 0 heterocycles. The predicted molar refractivity (Wildman–Crippen MR) is 104 cm³/mol. The normalized spacial score (nSPS) is 11.9. The van der Waals surface area contributed by atoms with Crippen molar-refractivity contribution >= 4 is 35.2 Å². The lowest BCUT2D eigenvalue weighted by molar-refractivity contribution is -0.144. The molecular formula is C20H17ClN2O5. The van der Waals surface area contributed by atoms with E-state index in [1.165, 1.54) is 32.2 Å². The second-order valence-corrected chi connectivity index (χ2v) is 6.02. The van der Waals surface area contributed by atoms with Gasteiger partial charge in [-0.1, -0.05) is 29.8 Å². The second-order valence-electron chi connectivity index (χ2n) is 5.61. The van der Waals surface area contributed by atoms with Gasteiger partial charge in [-0.05, 0) is 42.8 Å². The van der Waals surface area contributed by atoms with Gasteiger partial charge in [-0.15, -0.1) is 0 Å². The van der Waals surface area contributed by atoms with E-state index in [2.05, 4.69) is 5.32 Å². The van der Waals surface area contributed by atoms with Gasteiger partial charge in [-0.3, -0.25) is 4.79 Å². The van der Waals surface area contributed by atoms with Gasteiger partial charge in [0.2, 0.25) is 0 Å². The maximum atomic E-state index is 12.4. The molecule has 0 aliphatic rings. The van der Waals surface area contributed by atoms with Crippen molar-refractivity contribution in [3.63, 3.8) is 0 Å². The van der Waals surface area contributed by atoms with Crippen molar-refractivity contribution in [1.29, 1.82) is 5.26 Å². The molecular weight excluding hydrogens is 384 g/mol. The topological polar surface area (TPSA) is 109 Å². The summed E-state index contributed by atoms with van der Waals surface area (Å²) in [6.07, 6.45) is 0.311. The van der Waals surface area contributed by atoms with E-state index >= 15 is 0 Å². The average Bonchev–Trinajstić information content (AvgIpc) is 2.68. The summed E-state index contributed by atoms with van der Waals surface area (Å²) >= 11 is 6.01. The van der Waals surface area contributed by atoms with Crippen molar-refractivity contribution in [2.24, 2.45) is 0 Å². The second kappa shape index (κ2) is 9.44. The summed E-state index contributed by atoms with van der Waals surface area (Å²) < 4.78 is 10.5. The summed E-state index contributed by atoms with van der Waals surface area (Å²) in [5.74, 6) is -1.23. The Morgan fingerprint density at radius 3 is 2.57 bits per heavy atom. The number of benzene rings is 2. The van der Waals surface area contributed by atoms with Crippen LogP contribution in [0.15, 0.2) is 48.0 Å². The molecule has 1 atom stereocenters. The minimum Gasteiger partial charge on any atom is -0.493 e. The quantitative estimate of drug-likeness (QED) is 0.541. The van der Waals surface area contributed by atoms with E-state index in [1.807, 2.05) is 6.07 Å². The first-order valence-electron chi connectivity index (χ1n) is 8.11. The number of para-hydroxylation sites is 1. The summed E-state index contributed by atoms with van der Waals surface area (Å²) in [6, 6.07) is 13.1. The predicted octanol–water partition coefficient (Wildman–Crippen LogP) is 3.75. The van der Waals surface area contributed by atoms with Crippen LogP contribution < -0.4 is 14.8 Å². The molecule has 0 aliphatic carbocycles. The number of nitriles is 1. The number of nitrogens with one attached hydrogen (secondary N) is 1. The number of carboxylic acid groups (broad SMARTS) is 1. The Kier molecular flexibility index (Phi) is 7.02. The summed E-state index contributed by atoms with van der Waals surface area (Å²) in [4.78, 5) is 23.3. The highest BCUT2D eigenvalue weighted by molar-refractivity contribution is 6.34. The van der Waals surface area contributed by atoms with E-state index in [0.29, 0.717) is 16.3 Å². The lowest BCUT2D eigenvalue weighted by atomic mass is 10.1. The standard InChI is InChI=1S/C20H17ClN2O5/c1-12(20(25)26)28-17-8-7-13(10-18(17)27-2)9-14(11-22)19(24)23-16-6-4-3-5-15(16)21/h3-10,12H,1-2H3,(H,23,24)(H,25,26)/b14-9-/t12-/m0/s1. The number of halogens is 1. The molecule has 0 aromatic heterocycles. The summed E-state index contributed by atoms with van der Waals surface area (Å²) in [5, 5.41) is 21.2. The summed E-state index contributed by atoms with van der Waals surface area (Å²) in [6.45, 7) is 1.39. The van der Waals surface area contributed by atoms with E-state index in [0.717, 1.165) is 0 Å². The highest BCUT2D eigenvalue weighted by Gasteiger charge is 2.16. The van der Waals surface area contributed by atoms with E-state index in [1.54, 1.807) is 30.3 Å². The summed E-state index contributed by atoms with van der Waals surface area (Å²) in [7, 11) is 1.40. The van der Waals surface area contributed by atoms with Crippen LogP contribution >= 0.6 is 11.6 Å². The van der Waals surface area contributed by atoms with Crippen LogP contribution in [0.25, 0.3) is 6.08 Å². The minimum absolute atomic E-state index is 0.144. The molecule has 2 aromatic rings. The van der Waals surface area contributed by atoms with Crippen molar-refractivity contribution < 1.29 is 24.2 Å². The number of ether oxygens (including phenoxy) is 2. The van der Waals surface area contributed by atoms with Crippen LogP contribution in [-0.2, 0) is 9.59 Å². The molecule has 8 heteroatoms. The first kappa shape index (κ1) is 20.8. The number of carbonyl (C=O) groups is 2. The zero-order valence-corrected chi connectivity index (χ0v) is 15.9. The van der Waals surface area contributed by atoms with Crippen LogP contribution in [0.4, 0.5) is 5.69 Å². The number of amides is 1. The van der Waals surface area contributed by atoms with Gasteiger partial charge in [0.15, 0.2) is 17.6 Å². The molecule has 28 heavy (non-hydrogen) atoms. The van der Waals surface area contributed by atoms with Crippen LogP contribution in [0, 0.1) is 11.3 Å². The Bertz CT molecular complexity index is 965. The molecule has 144 valence electrons. The van der Waals surface area contributed by atoms with Crippen LogP contribution in [-0.4, -0.2) is 30.2 Å². The molecule has 7 nitrogen and oxygen atoms in total. The number of anilines is 1. The third-order valence-electron chi connectivity index (χ3n) is 3.64. The average molecular weight is 401 g/mol. The van der Waals surface area contributed by atoms with E-state index in [4.69, 9.17) is 26.2 Å². The smallest absolute Gasteiger partial charge is 0.344 e. The number of methoxy groups -OCH3 is 1. The number of hydrogen-bond donors (Lipinski definition) is 2. The van der Waals surface area contributed by atoms with Crippen molar-refractivity contribution in [2.45, 2.75) is 13.0 Å². The van der Waals surface area contributed by atoms with Crippen molar-refractivity contribution in [3.8, 4) is 17.6 Å². The van der Waals surface area contributed by atoms with Crippen molar-refractivity contribution in [3.05, 3.63) is 58.6 Å². The van der Waals surface area contributed by atoms with Gasteiger partial charge in [0, 0.05) is 0 Å². The molecule has 0 saturated heterocycles. The lowest BCUT2D eigenvalue weighted by Crippen LogP contribution is -2.23. The lowest BCUT2D eigenvalue weighted by Gasteiger charge is -2.14. The molecule has 0 aliphatic heterocycles. The Balaban J connectivity index is 2.26. The Hall–Kier alpha value is -3.50. The van der Waals surface area contributed by atoms with Crippen LogP contribution in [0.3, 0.4) is 0 Å². The largest absolute Gasteiger partial charge is 0.493 e. The molecule has 2 N–H and O–H groups in total. The molecule has 0 saturated carbocycles. The molecule has 0 bridgehead atoms. The zero-order valence-electron chi connectivity index (χ0n) is 15.1. The van der Waals surface area contributed by atoms with E-state index in [-0.39, 0.29) is 17.1 Å². The number of carbonyl (C=O) groups excluding carboxylic acids is 1. The van der Waals surface area contributed by atoms with Gasteiger partial charge in [0.05, 0.1) is 17.8 Å². The van der Waals surface area contributed by atoms with E-state index < -0.39 is 18.0 Å². The van der Waals surface area contributed by atoms with Gasteiger partial charge in [0.25, 0.3) is 5.91 Å². The Morgan fingerprint density at radius 2 is 1.96 bits per heavy atom. The van der Waals surface area contributed by atoms with Crippen molar-refractivity contribution in [1.82, 2.24) is 0 Å². The van der Waals surface area contributed by atoms with Gasteiger partial charge in [-0.25, -0.2) is 4.79 Å². The summed E-state index contributed by atoms with van der Waals surface area (Å²) in [5.41, 5.74) is 0.742. The third kappa shape index (κ3) is 5.25. The van der Waals surface area contributed by atoms with Gasteiger partial charge < -0.3 is 19.9 Å². The van der Waals surface area contributed by atoms with Crippen LogP contribution in [0.5, 0.6) is 11.5 Å². The maximum Gasteiger partial charge on any atom is 0.344 e.